The van der Waals surface area contributed by atoms with Crippen LogP contribution in [0.5, 0.6) is 0 Å². The third-order valence-electron chi connectivity index (χ3n) is 1.40. The lowest BCUT2D eigenvalue weighted by atomic mass is 10.5. The fraction of sp³-hybridized carbons (Fsp3) is 0.500. The lowest BCUT2D eigenvalue weighted by Gasteiger charge is -2.06. The highest BCUT2D eigenvalue weighted by molar-refractivity contribution is 5.90. The Morgan fingerprint density at radius 1 is 1.78 bits per heavy atom. The first-order valence-corrected chi connectivity index (χ1v) is 2.87. The van der Waals surface area contributed by atoms with Gasteiger partial charge in [0.05, 0.1) is 6.54 Å². The van der Waals surface area contributed by atoms with Crippen molar-refractivity contribution in [1.29, 1.82) is 0 Å². The van der Waals surface area contributed by atoms with Crippen LogP contribution in [0.2, 0.25) is 0 Å². The highest BCUT2D eigenvalue weighted by Gasteiger charge is 2.15. The van der Waals surface area contributed by atoms with Crippen molar-refractivity contribution in [2.24, 2.45) is 0 Å². The molecule has 0 aromatic rings. The molecule has 0 radical (unpaired) electrons. The standard InChI is InChI=1S/C6H10N2O/c1-7-5-3-6(9)8(2)4-5/h3,7H,4H2,1-2H3. The van der Waals surface area contributed by atoms with E-state index < -0.39 is 0 Å². The molecular formula is C6H10N2O. The van der Waals surface area contributed by atoms with Crippen LogP contribution in [0.25, 0.3) is 0 Å². The Bertz CT molecular complexity index is 162. The van der Waals surface area contributed by atoms with Gasteiger partial charge in [0, 0.05) is 25.9 Å². The van der Waals surface area contributed by atoms with Gasteiger partial charge in [-0.15, -0.1) is 0 Å². The van der Waals surface area contributed by atoms with Crippen molar-refractivity contribution in [3.8, 4) is 0 Å². The summed E-state index contributed by atoms with van der Waals surface area (Å²) in [6.07, 6.45) is 1.61. The maximum atomic E-state index is 10.8. The fourth-order valence-corrected chi connectivity index (χ4v) is 0.790. The van der Waals surface area contributed by atoms with Gasteiger partial charge < -0.3 is 10.2 Å². The van der Waals surface area contributed by atoms with Crippen molar-refractivity contribution < 1.29 is 4.79 Å². The highest BCUT2D eigenvalue weighted by Crippen LogP contribution is 2.03. The van der Waals surface area contributed by atoms with Crippen LogP contribution in [0.15, 0.2) is 11.8 Å². The molecule has 0 bridgehead atoms. The summed E-state index contributed by atoms with van der Waals surface area (Å²) in [5.74, 6) is 0.0827. The summed E-state index contributed by atoms with van der Waals surface area (Å²) >= 11 is 0. The molecule has 0 saturated heterocycles. The van der Waals surface area contributed by atoms with Crippen LogP contribution in [0.3, 0.4) is 0 Å². The van der Waals surface area contributed by atoms with Crippen LogP contribution in [0.1, 0.15) is 0 Å². The molecule has 1 heterocycles. The molecule has 0 atom stereocenters. The molecule has 50 valence electrons. The van der Waals surface area contributed by atoms with Gasteiger partial charge in [-0.05, 0) is 0 Å². The highest BCUT2D eigenvalue weighted by atomic mass is 16.2. The first-order chi connectivity index (χ1) is 4.24. The number of hydrogen-bond acceptors (Lipinski definition) is 2. The number of rotatable bonds is 1. The second kappa shape index (κ2) is 2.09. The number of likely N-dealkylation sites (N-methyl/N-ethyl adjacent to an activating group) is 2. The van der Waals surface area contributed by atoms with Crippen LogP contribution >= 0.6 is 0 Å². The van der Waals surface area contributed by atoms with Gasteiger partial charge in [-0.25, -0.2) is 0 Å². The molecule has 1 aliphatic rings. The summed E-state index contributed by atoms with van der Waals surface area (Å²) in [6, 6.07) is 0. The molecule has 3 nitrogen and oxygen atoms in total. The number of carbonyl (C=O) groups excluding carboxylic acids is 1. The molecule has 1 aliphatic heterocycles. The van der Waals surface area contributed by atoms with Crippen LogP contribution in [0, 0.1) is 0 Å². The molecule has 0 fully saturated rings. The molecular weight excluding hydrogens is 116 g/mol. The molecule has 0 aromatic carbocycles. The van der Waals surface area contributed by atoms with Crippen molar-refractivity contribution in [1.82, 2.24) is 10.2 Å². The summed E-state index contributed by atoms with van der Waals surface area (Å²) in [7, 11) is 3.60. The minimum absolute atomic E-state index is 0.0827. The van der Waals surface area contributed by atoms with Gasteiger partial charge in [0.25, 0.3) is 0 Å². The molecule has 1 amide bonds. The smallest absolute Gasteiger partial charge is 0.248 e. The summed E-state index contributed by atoms with van der Waals surface area (Å²) in [6.45, 7) is 0.718. The predicted octanol–water partition coefficient (Wildman–Crippen LogP) is -0.438. The van der Waals surface area contributed by atoms with E-state index in [1.54, 1.807) is 18.0 Å². The minimum Gasteiger partial charge on any atom is -0.390 e. The SMILES string of the molecule is CNC1=CC(=O)N(C)C1. The monoisotopic (exact) mass is 126 g/mol. The quantitative estimate of drug-likeness (QED) is 0.516. The van der Waals surface area contributed by atoms with Gasteiger partial charge >= 0.3 is 0 Å². The first-order valence-electron chi connectivity index (χ1n) is 2.87. The number of nitrogens with zero attached hydrogens (tertiary/aromatic N) is 1. The Balaban J connectivity index is 2.62. The zero-order chi connectivity index (χ0) is 6.85. The molecule has 1 rings (SSSR count). The van der Waals surface area contributed by atoms with Gasteiger partial charge in [-0.1, -0.05) is 0 Å². The Hall–Kier alpha value is -0.990. The lowest BCUT2D eigenvalue weighted by molar-refractivity contribution is -0.123. The minimum atomic E-state index is 0.0827. The van der Waals surface area contributed by atoms with Crippen molar-refractivity contribution in [2.45, 2.75) is 0 Å². The van der Waals surface area contributed by atoms with E-state index in [1.807, 2.05) is 7.05 Å². The van der Waals surface area contributed by atoms with Crippen LogP contribution < -0.4 is 5.32 Å². The molecule has 0 unspecified atom stereocenters. The molecule has 0 saturated carbocycles. The zero-order valence-electron chi connectivity index (χ0n) is 5.64. The lowest BCUT2D eigenvalue weighted by Crippen LogP contribution is -2.21. The van der Waals surface area contributed by atoms with Crippen molar-refractivity contribution in [3.63, 3.8) is 0 Å². The number of amides is 1. The van der Waals surface area contributed by atoms with Gasteiger partial charge in [-0.3, -0.25) is 4.79 Å². The molecule has 0 aromatic heterocycles. The van der Waals surface area contributed by atoms with Gasteiger partial charge in [-0.2, -0.15) is 0 Å². The Morgan fingerprint density at radius 2 is 2.44 bits per heavy atom. The number of hydrogen-bond donors (Lipinski definition) is 1. The maximum Gasteiger partial charge on any atom is 0.248 e. The van der Waals surface area contributed by atoms with Crippen molar-refractivity contribution in [3.05, 3.63) is 11.8 Å². The van der Waals surface area contributed by atoms with Crippen molar-refractivity contribution in [2.75, 3.05) is 20.6 Å². The summed E-state index contributed by atoms with van der Waals surface area (Å²) < 4.78 is 0. The Morgan fingerprint density at radius 3 is 2.67 bits per heavy atom. The topological polar surface area (TPSA) is 32.3 Å². The second-order valence-electron chi connectivity index (χ2n) is 2.11. The van der Waals surface area contributed by atoms with E-state index in [0.29, 0.717) is 0 Å². The predicted molar refractivity (Wildman–Crippen MR) is 34.8 cm³/mol. The third kappa shape index (κ3) is 1.04. The van der Waals surface area contributed by atoms with Crippen molar-refractivity contribution >= 4 is 5.91 Å². The maximum absolute atomic E-state index is 10.8. The fourth-order valence-electron chi connectivity index (χ4n) is 0.790. The zero-order valence-corrected chi connectivity index (χ0v) is 5.64. The molecule has 3 heteroatoms. The van der Waals surface area contributed by atoms with Gasteiger partial charge in [0.2, 0.25) is 5.91 Å². The average Bonchev–Trinajstić information content (AvgIpc) is 2.13. The van der Waals surface area contributed by atoms with Gasteiger partial charge in [0.15, 0.2) is 0 Å². The Kier molecular flexibility index (Phi) is 1.42. The average molecular weight is 126 g/mol. The second-order valence-corrected chi connectivity index (χ2v) is 2.11. The third-order valence-corrected chi connectivity index (χ3v) is 1.40. The van der Waals surface area contributed by atoms with E-state index in [9.17, 15) is 4.79 Å². The summed E-state index contributed by atoms with van der Waals surface area (Å²) in [5, 5.41) is 2.92. The van der Waals surface area contributed by atoms with Crippen LogP contribution in [0.4, 0.5) is 0 Å². The number of nitrogens with one attached hydrogen (secondary N) is 1. The first kappa shape index (κ1) is 6.13. The van der Waals surface area contributed by atoms with E-state index in [0.717, 1.165) is 12.2 Å². The van der Waals surface area contributed by atoms with E-state index in [2.05, 4.69) is 5.32 Å². The summed E-state index contributed by atoms with van der Waals surface area (Å²) in [4.78, 5) is 12.4. The largest absolute Gasteiger partial charge is 0.390 e. The normalized spacial score (nSPS) is 18.2. The molecule has 0 aliphatic carbocycles. The molecule has 0 spiro atoms. The van der Waals surface area contributed by atoms with Crippen LogP contribution in [-0.2, 0) is 4.79 Å². The molecule has 1 N–H and O–H groups in total. The number of carbonyl (C=O) groups is 1. The van der Waals surface area contributed by atoms with E-state index in [4.69, 9.17) is 0 Å². The van der Waals surface area contributed by atoms with Crippen LogP contribution in [-0.4, -0.2) is 31.4 Å². The Labute approximate surface area is 54.3 Å². The van der Waals surface area contributed by atoms with Gasteiger partial charge in [0.1, 0.15) is 0 Å². The van der Waals surface area contributed by atoms with E-state index in [1.165, 1.54) is 0 Å². The van der Waals surface area contributed by atoms with E-state index >= 15 is 0 Å². The van der Waals surface area contributed by atoms with E-state index in [-0.39, 0.29) is 5.91 Å². The molecule has 9 heavy (non-hydrogen) atoms. The summed E-state index contributed by atoms with van der Waals surface area (Å²) in [5.41, 5.74) is 0.988.